The number of phenolic OH excluding ortho intramolecular Hbond substituents is 1. The number of anilines is 1. The lowest BCUT2D eigenvalue weighted by molar-refractivity contribution is 0.107. The highest BCUT2D eigenvalue weighted by Crippen LogP contribution is 2.44. The number of rotatable bonds is 5. The van der Waals surface area contributed by atoms with Gasteiger partial charge in [-0.15, -0.1) is 0 Å². The summed E-state index contributed by atoms with van der Waals surface area (Å²) < 4.78 is 67.8. The quantitative estimate of drug-likeness (QED) is 0.241. The molecule has 236 valence electrons. The summed E-state index contributed by atoms with van der Waals surface area (Å²) in [5.74, 6) is -2.49. The van der Waals surface area contributed by atoms with Crippen molar-refractivity contribution in [3.63, 3.8) is 0 Å². The van der Waals surface area contributed by atoms with Gasteiger partial charge in [-0.2, -0.15) is 9.97 Å². The molecule has 0 amide bonds. The van der Waals surface area contributed by atoms with E-state index in [2.05, 4.69) is 22.1 Å². The predicted octanol–water partition coefficient (Wildman–Crippen LogP) is 6.51. The van der Waals surface area contributed by atoms with E-state index in [0.29, 0.717) is 31.9 Å². The normalized spacial score (nSPS) is 28.0. The van der Waals surface area contributed by atoms with Gasteiger partial charge < -0.3 is 20.1 Å². The molecule has 1 aromatic heterocycles. The van der Waals surface area contributed by atoms with Crippen LogP contribution in [0.3, 0.4) is 0 Å². The molecule has 4 aliphatic heterocycles. The molecule has 4 aliphatic rings. The van der Waals surface area contributed by atoms with E-state index in [-0.39, 0.29) is 62.2 Å². The summed E-state index contributed by atoms with van der Waals surface area (Å²) in [6, 6.07) is 6.01. The van der Waals surface area contributed by atoms with E-state index in [1.165, 1.54) is 18.2 Å². The van der Waals surface area contributed by atoms with E-state index in [4.69, 9.17) is 21.3 Å². The van der Waals surface area contributed by atoms with E-state index in [1.807, 2.05) is 4.90 Å². The van der Waals surface area contributed by atoms with Crippen LogP contribution in [0.15, 0.2) is 30.3 Å². The van der Waals surface area contributed by atoms with Crippen molar-refractivity contribution in [2.45, 2.75) is 62.3 Å². The second-order valence-corrected chi connectivity index (χ2v) is 13.8. The number of benzene rings is 3. The molecule has 4 fully saturated rings. The molecule has 45 heavy (non-hydrogen) atoms. The molecule has 12 heteroatoms. The van der Waals surface area contributed by atoms with Crippen molar-refractivity contribution in [3.8, 4) is 22.9 Å². The standard InChI is InChI=1S/C33H32ClF4N5O2/c1-32-5-3-20(41-32)14-42(15-32)30-23-11-25(37)27(22-10-21(44)8-17-7-18(35)9-24(34)26(17)22)28(38)29(23)39-31(40-30)45-16-33-4-2-6-43(33)13-19(36)12-33/h7-11,19-20,41,44H,2-6,12-16H2,1H3/t19-,20?,32+,33+/m1/s1. The van der Waals surface area contributed by atoms with Crippen LogP contribution >= 0.6 is 11.6 Å². The van der Waals surface area contributed by atoms with Gasteiger partial charge in [0.1, 0.15) is 41.5 Å². The molecule has 0 aliphatic carbocycles. The number of halogens is 5. The summed E-state index contributed by atoms with van der Waals surface area (Å²) in [4.78, 5) is 13.3. The number of piperazine rings is 1. The third kappa shape index (κ3) is 4.77. The van der Waals surface area contributed by atoms with Gasteiger partial charge in [-0.25, -0.2) is 17.6 Å². The van der Waals surface area contributed by atoms with Gasteiger partial charge in [-0.3, -0.25) is 4.90 Å². The zero-order valence-electron chi connectivity index (χ0n) is 24.6. The van der Waals surface area contributed by atoms with Crippen molar-refractivity contribution in [3.05, 3.63) is 52.8 Å². The minimum Gasteiger partial charge on any atom is -0.508 e. The summed E-state index contributed by atoms with van der Waals surface area (Å²) >= 11 is 6.39. The SMILES string of the molecule is C[C@]12CCC(CN(c3nc(OC[C@@]45CCCN4C[C@H](F)C5)nc4c(F)c(-c5cc(O)cc6cc(F)cc(Cl)c56)c(F)cc34)C1)N2. The number of nitrogens with one attached hydrogen (secondary N) is 1. The van der Waals surface area contributed by atoms with E-state index >= 15 is 8.78 Å². The summed E-state index contributed by atoms with van der Waals surface area (Å²) in [5.41, 5.74) is -1.32. The molecular formula is C33H32ClF4N5O2. The minimum absolute atomic E-state index is 0.0392. The molecule has 5 heterocycles. The van der Waals surface area contributed by atoms with Gasteiger partial charge in [-0.1, -0.05) is 11.6 Å². The lowest BCUT2D eigenvalue weighted by atomic mass is 9.95. The van der Waals surface area contributed by atoms with Crippen LogP contribution < -0.4 is 15.0 Å². The fourth-order valence-corrected chi connectivity index (χ4v) is 8.59. The van der Waals surface area contributed by atoms with Gasteiger partial charge in [0.2, 0.25) is 0 Å². The van der Waals surface area contributed by atoms with Gasteiger partial charge >= 0.3 is 6.01 Å². The summed E-state index contributed by atoms with van der Waals surface area (Å²) in [6.45, 7) is 4.57. The average Bonchev–Trinajstić information content (AvgIpc) is 3.59. The molecule has 0 radical (unpaired) electrons. The van der Waals surface area contributed by atoms with Crippen molar-refractivity contribution in [1.29, 1.82) is 0 Å². The van der Waals surface area contributed by atoms with Crippen LogP contribution in [0.4, 0.5) is 23.4 Å². The zero-order chi connectivity index (χ0) is 31.2. The van der Waals surface area contributed by atoms with E-state index in [1.54, 1.807) is 0 Å². The molecule has 3 aromatic carbocycles. The third-order valence-electron chi connectivity index (χ3n) is 10.2. The second-order valence-electron chi connectivity index (χ2n) is 13.4. The highest BCUT2D eigenvalue weighted by Gasteiger charge is 2.49. The summed E-state index contributed by atoms with van der Waals surface area (Å²) in [7, 11) is 0. The molecule has 7 nitrogen and oxygen atoms in total. The molecule has 2 bridgehead atoms. The number of ether oxygens (including phenoxy) is 1. The Hall–Kier alpha value is -3.41. The monoisotopic (exact) mass is 641 g/mol. The Morgan fingerprint density at radius 1 is 1.11 bits per heavy atom. The van der Waals surface area contributed by atoms with Crippen molar-refractivity contribution in [1.82, 2.24) is 20.2 Å². The Morgan fingerprint density at radius 2 is 1.96 bits per heavy atom. The number of fused-ring (bicyclic) bond motifs is 5. The van der Waals surface area contributed by atoms with Crippen LogP contribution in [0.25, 0.3) is 32.8 Å². The van der Waals surface area contributed by atoms with Gasteiger partial charge in [0, 0.05) is 54.0 Å². The maximum atomic E-state index is 16.8. The largest absolute Gasteiger partial charge is 0.508 e. The molecule has 1 unspecified atom stereocenters. The van der Waals surface area contributed by atoms with E-state index in [9.17, 15) is 13.9 Å². The molecule has 4 aromatic rings. The first-order valence-electron chi connectivity index (χ1n) is 15.4. The van der Waals surface area contributed by atoms with Crippen LogP contribution in [0.5, 0.6) is 11.8 Å². The Kier molecular flexibility index (Phi) is 6.64. The molecule has 0 spiro atoms. The smallest absolute Gasteiger partial charge is 0.319 e. The van der Waals surface area contributed by atoms with Crippen molar-refractivity contribution < 1.29 is 27.4 Å². The van der Waals surface area contributed by atoms with Gasteiger partial charge in [0.05, 0.1) is 16.1 Å². The number of hydrogen-bond acceptors (Lipinski definition) is 7. The molecular weight excluding hydrogens is 610 g/mol. The first kappa shape index (κ1) is 29.0. The number of nitrogens with zero attached hydrogens (tertiary/aromatic N) is 4. The fraction of sp³-hybridized carbons (Fsp3) is 0.455. The van der Waals surface area contributed by atoms with E-state index in [0.717, 1.165) is 44.4 Å². The van der Waals surface area contributed by atoms with Crippen LogP contribution in [-0.2, 0) is 0 Å². The van der Waals surface area contributed by atoms with E-state index < -0.39 is 34.7 Å². The molecule has 2 N–H and O–H groups in total. The first-order valence-corrected chi connectivity index (χ1v) is 15.8. The Morgan fingerprint density at radius 3 is 2.78 bits per heavy atom. The minimum atomic E-state index is -0.986. The highest BCUT2D eigenvalue weighted by atomic mass is 35.5. The lowest BCUT2D eigenvalue weighted by Gasteiger charge is -2.40. The maximum absolute atomic E-state index is 16.8. The maximum Gasteiger partial charge on any atom is 0.319 e. The van der Waals surface area contributed by atoms with Crippen LogP contribution in [0.2, 0.25) is 5.02 Å². The van der Waals surface area contributed by atoms with Gasteiger partial charge in [0.25, 0.3) is 0 Å². The number of alkyl halides is 1. The van der Waals surface area contributed by atoms with Gasteiger partial charge in [0.15, 0.2) is 5.82 Å². The molecule has 4 atom stereocenters. The zero-order valence-corrected chi connectivity index (χ0v) is 25.4. The summed E-state index contributed by atoms with van der Waals surface area (Å²) in [5, 5.41) is 14.6. The molecule has 8 rings (SSSR count). The Balaban J connectivity index is 1.29. The Bertz CT molecular complexity index is 1870. The lowest BCUT2D eigenvalue weighted by Crippen LogP contribution is -2.58. The average molecular weight is 642 g/mol. The van der Waals surface area contributed by atoms with Crippen LogP contribution in [0.1, 0.15) is 39.0 Å². The number of aromatic nitrogens is 2. The predicted molar refractivity (Wildman–Crippen MR) is 164 cm³/mol. The number of hydrogen-bond donors (Lipinski definition) is 2. The second kappa shape index (κ2) is 10.3. The third-order valence-corrected chi connectivity index (χ3v) is 10.5. The van der Waals surface area contributed by atoms with Crippen molar-refractivity contribution in [2.24, 2.45) is 0 Å². The van der Waals surface area contributed by atoms with Crippen LogP contribution in [0, 0.1) is 17.5 Å². The van der Waals surface area contributed by atoms with Crippen molar-refractivity contribution >= 4 is 39.1 Å². The fourth-order valence-electron chi connectivity index (χ4n) is 8.27. The van der Waals surface area contributed by atoms with Gasteiger partial charge in [-0.05, 0) is 74.9 Å². The number of phenols is 1. The van der Waals surface area contributed by atoms with Crippen molar-refractivity contribution in [2.75, 3.05) is 37.7 Å². The number of aromatic hydroxyl groups is 1. The topological polar surface area (TPSA) is 73.8 Å². The summed E-state index contributed by atoms with van der Waals surface area (Å²) in [6.07, 6.45) is 3.05. The molecule has 4 saturated heterocycles. The first-order chi connectivity index (χ1) is 21.5. The van der Waals surface area contributed by atoms with Crippen LogP contribution in [-0.4, -0.2) is 76.1 Å². The highest BCUT2D eigenvalue weighted by molar-refractivity contribution is 6.36. The Labute approximate surface area is 262 Å². The molecule has 0 saturated carbocycles.